The number of amides is 1. The van der Waals surface area contributed by atoms with Gasteiger partial charge in [0.2, 0.25) is 0 Å². The maximum Gasteiger partial charge on any atom is 0.257 e. The summed E-state index contributed by atoms with van der Waals surface area (Å²) in [5, 5.41) is 2.72. The summed E-state index contributed by atoms with van der Waals surface area (Å²) in [4.78, 5) is 11.5. The molecule has 0 aliphatic rings. The van der Waals surface area contributed by atoms with Crippen LogP contribution in [0.1, 0.15) is 38.7 Å². The van der Waals surface area contributed by atoms with Crippen molar-refractivity contribution in [3.8, 4) is 5.75 Å². The highest BCUT2D eigenvalue weighted by Crippen LogP contribution is 2.19. The number of benzene rings is 1. The molecule has 0 fully saturated rings. The van der Waals surface area contributed by atoms with Crippen molar-refractivity contribution in [2.45, 2.75) is 45.6 Å². The molecule has 1 atom stereocenters. The quantitative estimate of drug-likeness (QED) is 0.688. The Morgan fingerprint density at radius 2 is 2.19 bits per heavy atom. The van der Waals surface area contributed by atoms with Crippen molar-refractivity contribution in [1.82, 2.24) is 5.32 Å². The Labute approximate surface area is 125 Å². The molecule has 118 valence electrons. The van der Waals surface area contributed by atoms with E-state index in [2.05, 4.69) is 5.32 Å². The van der Waals surface area contributed by atoms with E-state index in [4.69, 9.17) is 10.5 Å². The molecule has 3 N–H and O–H groups in total. The minimum Gasteiger partial charge on any atom is -0.481 e. The molecule has 5 heteroatoms. The monoisotopic (exact) mass is 296 g/mol. The number of rotatable bonds is 9. The second-order valence-electron chi connectivity index (χ2n) is 5.13. The molecule has 0 aliphatic carbocycles. The van der Waals surface area contributed by atoms with Crippen LogP contribution in [0.3, 0.4) is 0 Å². The topological polar surface area (TPSA) is 64.3 Å². The van der Waals surface area contributed by atoms with E-state index in [0.29, 0.717) is 13.0 Å². The van der Waals surface area contributed by atoms with E-state index >= 15 is 0 Å². The predicted octanol–water partition coefficient (Wildman–Crippen LogP) is 2.40. The Morgan fingerprint density at radius 3 is 2.81 bits per heavy atom. The van der Waals surface area contributed by atoms with Crippen LogP contribution >= 0.6 is 0 Å². The van der Waals surface area contributed by atoms with Gasteiger partial charge in [-0.3, -0.25) is 4.79 Å². The largest absolute Gasteiger partial charge is 0.481 e. The molecule has 0 saturated carbocycles. The number of halogens is 1. The standard InChI is InChI=1S/C16H25FN2O2/c1-3-5-8-19-16(20)11-21-15-7-6-12(10-14(15)17)9-13(18)4-2/h6-7,10,13H,3-5,8-9,11,18H2,1-2H3,(H,19,20). The lowest BCUT2D eigenvalue weighted by atomic mass is 10.0. The average Bonchev–Trinajstić information content (AvgIpc) is 2.46. The van der Waals surface area contributed by atoms with E-state index in [1.54, 1.807) is 12.1 Å². The predicted molar refractivity (Wildman–Crippen MR) is 81.8 cm³/mol. The Balaban J connectivity index is 2.47. The van der Waals surface area contributed by atoms with Gasteiger partial charge in [0, 0.05) is 12.6 Å². The summed E-state index contributed by atoms with van der Waals surface area (Å²) in [5.41, 5.74) is 6.68. The van der Waals surface area contributed by atoms with E-state index in [0.717, 1.165) is 24.8 Å². The van der Waals surface area contributed by atoms with Crippen LogP contribution in [0.15, 0.2) is 18.2 Å². The van der Waals surface area contributed by atoms with E-state index < -0.39 is 5.82 Å². The smallest absolute Gasteiger partial charge is 0.257 e. The fraction of sp³-hybridized carbons (Fsp3) is 0.562. The molecule has 1 rings (SSSR count). The second kappa shape index (κ2) is 9.34. The van der Waals surface area contributed by atoms with E-state index in [1.807, 2.05) is 13.8 Å². The Kier molecular flexibility index (Phi) is 7.75. The number of hydrogen-bond acceptors (Lipinski definition) is 3. The zero-order chi connectivity index (χ0) is 15.7. The van der Waals surface area contributed by atoms with Crippen LogP contribution in [0.2, 0.25) is 0 Å². The van der Waals surface area contributed by atoms with Gasteiger partial charge in [0.25, 0.3) is 5.91 Å². The first kappa shape index (κ1) is 17.4. The number of nitrogens with one attached hydrogen (secondary N) is 1. The molecule has 1 aromatic carbocycles. The maximum absolute atomic E-state index is 13.9. The highest BCUT2D eigenvalue weighted by Gasteiger charge is 2.09. The first-order chi connectivity index (χ1) is 10.1. The third-order valence-corrected chi connectivity index (χ3v) is 3.23. The van der Waals surface area contributed by atoms with Gasteiger partial charge in [0.05, 0.1) is 0 Å². The molecular weight excluding hydrogens is 271 g/mol. The van der Waals surface area contributed by atoms with Crippen LogP contribution in [0.25, 0.3) is 0 Å². The van der Waals surface area contributed by atoms with Crippen molar-refractivity contribution < 1.29 is 13.9 Å². The van der Waals surface area contributed by atoms with Crippen molar-refractivity contribution in [1.29, 1.82) is 0 Å². The average molecular weight is 296 g/mol. The van der Waals surface area contributed by atoms with Crippen LogP contribution in [-0.2, 0) is 11.2 Å². The van der Waals surface area contributed by atoms with Gasteiger partial charge in [0.15, 0.2) is 18.2 Å². The number of carbonyl (C=O) groups is 1. The Morgan fingerprint density at radius 1 is 1.43 bits per heavy atom. The summed E-state index contributed by atoms with van der Waals surface area (Å²) in [6.45, 7) is 4.49. The van der Waals surface area contributed by atoms with Crippen molar-refractivity contribution in [3.05, 3.63) is 29.6 Å². The van der Waals surface area contributed by atoms with Crippen molar-refractivity contribution in [2.75, 3.05) is 13.2 Å². The van der Waals surface area contributed by atoms with Gasteiger partial charge in [0.1, 0.15) is 0 Å². The van der Waals surface area contributed by atoms with Gasteiger partial charge in [-0.05, 0) is 37.0 Å². The molecule has 21 heavy (non-hydrogen) atoms. The lowest BCUT2D eigenvalue weighted by molar-refractivity contribution is -0.123. The molecule has 0 aliphatic heterocycles. The van der Waals surface area contributed by atoms with Crippen LogP contribution in [0, 0.1) is 5.82 Å². The van der Waals surface area contributed by atoms with Crippen LogP contribution in [0.5, 0.6) is 5.75 Å². The molecule has 0 radical (unpaired) electrons. The van der Waals surface area contributed by atoms with E-state index in [1.165, 1.54) is 6.07 Å². The Bertz CT molecular complexity index is 452. The number of unbranched alkanes of at least 4 members (excludes halogenated alkanes) is 1. The van der Waals surface area contributed by atoms with Crippen LogP contribution < -0.4 is 15.8 Å². The van der Waals surface area contributed by atoms with E-state index in [-0.39, 0.29) is 24.3 Å². The normalized spacial score (nSPS) is 12.0. The summed E-state index contributed by atoms with van der Waals surface area (Å²) in [5.74, 6) is -0.605. The lowest BCUT2D eigenvalue weighted by Crippen LogP contribution is -2.29. The van der Waals surface area contributed by atoms with Crippen molar-refractivity contribution >= 4 is 5.91 Å². The molecule has 1 amide bonds. The second-order valence-corrected chi connectivity index (χ2v) is 5.13. The van der Waals surface area contributed by atoms with E-state index in [9.17, 15) is 9.18 Å². The molecule has 0 bridgehead atoms. The SMILES string of the molecule is CCCCNC(=O)COc1ccc(CC(N)CC)cc1F. The highest BCUT2D eigenvalue weighted by molar-refractivity contribution is 5.77. The zero-order valence-corrected chi connectivity index (χ0v) is 12.8. The van der Waals surface area contributed by atoms with Gasteiger partial charge in [-0.2, -0.15) is 0 Å². The summed E-state index contributed by atoms with van der Waals surface area (Å²) in [6, 6.07) is 4.77. The van der Waals surface area contributed by atoms with Crippen molar-refractivity contribution in [3.63, 3.8) is 0 Å². The number of hydrogen-bond donors (Lipinski definition) is 2. The summed E-state index contributed by atoms with van der Waals surface area (Å²) < 4.78 is 19.1. The molecule has 4 nitrogen and oxygen atoms in total. The lowest BCUT2D eigenvalue weighted by Gasteiger charge is -2.11. The summed E-state index contributed by atoms with van der Waals surface area (Å²) in [7, 11) is 0. The number of ether oxygens (including phenoxy) is 1. The first-order valence-corrected chi connectivity index (χ1v) is 7.50. The third kappa shape index (κ3) is 6.58. The minimum absolute atomic E-state index is 0.0283. The molecule has 0 aromatic heterocycles. The fourth-order valence-corrected chi connectivity index (χ4v) is 1.83. The maximum atomic E-state index is 13.9. The highest BCUT2D eigenvalue weighted by atomic mass is 19.1. The molecule has 1 aromatic rings. The molecule has 0 saturated heterocycles. The molecular formula is C16H25FN2O2. The number of nitrogens with two attached hydrogens (primary N) is 1. The van der Waals surface area contributed by atoms with Gasteiger partial charge in [-0.15, -0.1) is 0 Å². The van der Waals surface area contributed by atoms with Gasteiger partial charge >= 0.3 is 0 Å². The summed E-state index contributed by atoms with van der Waals surface area (Å²) >= 11 is 0. The van der Waals surface area contributed by atoms with Gasteiger partial charge in [-0.25, -0.2) is 4.39 Å². The number of carbonyl (C=O) groups excluding carboxylic acids is 1. The van der Waals surface area contributed by atoms with Gasteiger partial charge < -0.3 is 15.8 Å². The van der Waals surface area contributed by atoms with Crippen LogP contribution in [-0.4, -0.2) is 25.1 Å². The third-order valence-electron chi connectivity index (χ3n) is 3.23. The fourth-order valence-electron chi connectivity index (χ4n) is 1.83. The van der Waals surface area contributed by atoms with Gasteiger partial charge in [-0.1, -0.05) is 26.3 Å². The van der Waals surface area contributed by atoms with Crippen LogP contribution in [0.4, 0.5) is 4.39 Å². The zero-order valence-electron chi connectivity index (χ0n) is 12.8. The molecule has 1 unspecified atom stereocenters. The summed E-state index contributed by atoms with van der Waals surface area (Å²) in [6.07, 6.45) is 3.41. The first-order valence-electron chi connectivity index (χ1n) is 7.50. The molecule has 0 heterocycles. The van der Waals surface area contributed by atoms with Crippen molar-refractivity contribution in [2.24, 2.45) is 5.73 Å². The Hall–Kier alpha value is -1.62. The minimum atomic E-state index is -0.461. The molecule has 0 spiro atoms.